The van der Waals surface area contributed by atoms with E-state index < -0.39 is 0 Å². The van der Waals surface area contributed by atoms with Crippen LogP contribution in [-0.2, 0) is 6.54 Å². The van der Waals surface area contributed by atoms with Crippen LogP contribution in [0.15, 0.2) is 60.7 Å². The molecule has 0 aliphatic carbocycles. The van der Waals surface area contributed by atoms with Crippen LogP contribution in [0.2, 0.25) is 0 Å². The van der Waals surface area contributed by atoms with Gasteiger partial charge in [0.1, 0.15) is 17.9 Å². The summed E-state index contributed by atoms with van der Waals surface area (Å²) in [6, 6.07) is 20.7. The minimum absolute atomic E-state index is 0.511. The van der Waals surface area contributed by atoms with Crippen molar-refractivity contribution in [3.8, 4) is 16.9 Å². The van der Waals surface area contributed by atoms with E-state index in [4.69, 9.17) is 9.72 Å². The Kier molecular flexibility index (Phi) is 6.67. The summed E-state index contributed by atoms with van der Waals surface area (Å²) in [7, 11) is 0. The van der Waals surface area contributed by atoms with Gasteiger partial charge in [0.25, 0.3) is 0 Å². The molecule has 2 heterocycles. The monoisotopic (exact) mass is 453 g/mol. The highest BCUT2D eigenvalue weighted by Crippen LogP contribution is 2.28. The van der Waals surface area contributed by atoms with E-state index in [2.05, 4.69) is 70.7 Å². The molecule has 0 amide bonds. The second-order valence-electron chi connectivity index (χ2n) is 8.98. The number of aryl methyl sites for hydroxylation is 2. The van der Waals surface area contributed by atoms with Gasteiger partial charge in [0.05, 0.1) is 12.1 Å². The van der Waals surface area contributed by atoms with Gasteiger partial charge in [-0.1, -0.05) is 24.3 Å². The highest BCUT2D eigenvalue weighted by Gasteiger charge is 2.11. The predicted molar refractivity (Wildman–Crippen MR) is 137 cm³/mol. The number of likely N-dealkylation sites (tertiary alicyclic amines) is 1. The Bertz CT molecular complexity index is 1270. The van der Waals surface area contributed by atoms with E-state index in [1.54, 1.807) is 0 Å². The molecular formula is C28H31N5O. The quantitative estimate of drug-likeness (QED) is 0.386. The molecule has 1 aliphatic heterocycles. The van der Waals surface area contributed by atoms with Crippen molar-refractivity contribution in [2.75, 3.05) is 31.6 Å². The lowest BCUT2D eigenvalue weighted by Gasteiger charge is -2.15. The molecule has 0 unspecified atom stereocenters. The van der Waals surface area contributed by atoms with E-state index in [0.29, 0.717) is 12.4 Å². The van der Waals surface area contributed by atoms with Crippen LogP contribution in [-0.4, -0.2) is 46.3 Å². The minimum Gasteiger partial charge on any atom is -0.492 e. The third kappa shape index (κ3) is 5.18. The van der Waals surface area contributed by atoms with E-state index in [-0.39, 0.29) is 0 Å². The summed E-state index contributed by atoms with van der Waals surface area (Å²) < 4.78 is 5.89. The van der Waals surface area contributed by atoms with Crippen LogP contribution in [0.1, 0.15) is 29.8 Å². The molecule has 0 saturated carbocycles. The SMILES string of the molecule is Cc1ccccc1-c1cc(C)c2nc(CNc3ccc(OCCN4CCCC4)cc3)nnc2c1. The number of nitrogens with zero attached hydrogens (tertiary/aromatic N) is 4. The Morgan fingerprint density at radius 3 is 2.50 bits per heavy atom. The highest BCUT2D eigenvalue weighted by atomic mass is 16.5. The first kappa shape index (κ1) is 22.3. The molecule has 1 aromatic heterocycles. The molecule has 34 heavy (non-hydrogen) atoms. The van der Waals surface area contributed by atoms with Gasteiger partial charge in [-0.3, -0.25) is 4.90 Å². The van der Waals surface area contributed by atoms with Gasteiger partial charge >= 0.3 is 0 Å². The Balaban J connectivity index is 1.21. The Morgan fingerprint density at radius 2 is 1.71 bits per heavy atom. The maximum Gasteiger partial charge on any atom is 0.170 e. The Hall–Kier alpha value is -3.51. The summed E-state index contributed by atoms with van der Waals surface area (Å²) in [5.74, 6) is 1.57. The maximum atomic E-state index is 5.89. The van der Waals surface area contributed by atoms with E-state index >= 15 is 0 Å². The number of rotatable bonds is 8. The zero-order chi connectivity index (χ0) is 23.3. The van der Waals surface area contributed by atoms with Crippen LogP contribution >= 0.6 is 0 Å². The number of fused-ring (bicyclic) bond motifs is 1. The molecule has 3 aromatic carbocycles. The normalized spacial score (nSPS) is 13.9. The predicted octanol–water partition coefficient (Wildman–Crippen LogP) is 5.40. The number of nitrogens with one attached hydrogen (secondary N) is 1. The lowest BCUT2D eigenvalue weighted by atomic mass is 9.98. The molecule has 5 rings (SSSR count). The molecule has 1 fully saturated rings. The lowest BCUT2D eigenvalue weighted by molar-refractivity contribution is 0.238. The van der Waals surface area contributed by atoms with Gasteiger partial charge in [0, 0.05) is 12.2 Å². The molecule has 6 heteroatoms. The fourth-order valence-corrected chi connectivity index (χ4v) is 4.52. The smallest absolute Gasteiger partial charge is 0.170 e. The molecule has 1 N–H and O–H groups in total. The molecular weight excluding hydrogens is 422 g/mol. The van der Waals surface area contributed by atoms with Crippen molar-refractivity contribution in [1.82, 2.24) is 20.1 Å². The fraction of sp³-hybridized carbons (Fsp3) is 0.321. The minimum atomic E-state index is 0.511. The molecule has 4 aromatic rings. The highest BCUT2D eigenvalue weighted by molar-refractivity contribution is 5.84. The van der Waals surface area contributed by atoms with Crippen molar-refractivity contribution in [3.05, 3.63) is 77.6 Å². The van der Waals surface area contributed by atoms with Crippen molar-refractivity contribution in [2.24, 2.45) is 0 Å². The van der Waals surface area contributed by atoms with Crippen molar-refractivity contribution in [1.29, 1.82) is 0 Å². The average Bonchev–Trinajstić information content (AvgIpc) is 3.37. The second-order valence-corrected chi connectivity index (χ2v) is 8.98. The molecule has 0 radical (unpaired) electrons. The molecule has 0 spiro atoms. The average molecular weight is 454 g/mol. The van der Waals surface area contributed by atoms with Crippen molar-refractivity contribution < 1.29 is 4.74 Å². The molecule has 1 saturated heterocycles. The molecule has 0 bridgehead atoms. The molecule has 0 atom stereocenters. The summed E-state index contributed by atoms with van der Waals surface area (Å²) in [5, 5.41) is 12.2. The summed E-state index contributed by atoms with van der Waals surface area (Å²) >= 11 is 0. The molecule has 174 valence electrons. The van der Waals surface area contributed by atoms with Gasteiger partial charge in [-0.2, -0.15) is 0 Å². The number of hydrogen-bond donors (Lipinski definition) is 1. The van der Waals surface area contributed by atoms with E-state index in [1.807, 2.05) is 24.3 Å². The largest absolute Gasteiger partial charge is 0.492 e. The van der Waals surface area contributed by atoms with Gasteiger partial charge in [-0.25, -0.2) is 4.98 Å². The van der Waals surface area contributed by atoms with Crippen LogP contribution < -0.4 is 10.1 Å². The van der Waals surface area contributed by atoms with E-state index in [1.165, 1.54) is 37.1 Å². The van der Waals surface area contributed by atoms with E-state index in [9.17, 15) is 0 Å². The summed E-state index contributed by atoms with van der Waals surface area (Å²) in [4.78, 5) is 7.23. The Labute approximate surface area is 201 Å². The van der Waals surface area contributed by atoms with E-state index in [0.717, 1.165) is 46.7 Å². The number of ether oxygens (including phenoxy) is 1. The fourth-order valence-electron chi connectivity index (χ4n) is 4.52. The first-order valence-electron chi connectivity index (χ1n) is 12.0. The summed E-state index contributed by atoms with van der Waals surface area (Å²) in [6.45, 7) is 8.85. The van der Waals surface area contributed by atoms with Crippen LogP contribution in [0.25, 0.3) is 22.2 Å². The Morgan fingerprint density at radius 1 is 0.912 bits per heavy atom. The van der Waals surface area contributed by atoms with Crippen LogP contribution in [0.4, 0.5) is 5.69 Å². The number of anilines is 1. The van der Waals surface area contributed by atoms with Gasteiger partial charge in [0.15, 0.2) is 5.82 Å². The van der Waals surface area contributed by atoms with Gasteiger partial charge in [-0.15, -0.1) is 10.2 Å². The maximum absolute atomic E-state index is 5.89. The first-order chi connectivity index (χ1) is 16.7. The van der Waals surface area contributed by atoms with Gasteiger partial charge in [-0.05, 0) is 98.4 Å². The zero-order valence-corrected chi connectivity index (χ0v) is 19.9. The third-order valence-electron chi connectivity index (χ3n) is 6.43. The zero-order valence-electron chi connectivity index (χ0n) is 19.9. The summed E-state index contributed by atoms with van der Waals surface area (Å²) in [6.07, 6.45) is 2.62. The van der Waals surface area contributed by atoms with Crippen molar-refractivity contribution >= 4 is 16.7 Å². The molecule has 6 nitrogen and oxygen atoms in total. The van der Waals surface area contributed by atoms with Crippen molar-refractivity contribution in [3.63, 3.8) is 0 Å². The standard InChI is InChI=1S/C28H31N5O/c1-20-7-3-4-8-25(20)22-17-21(2)28-26(18-22)31-32-27(30-28)19-29-23-9-11-24(12-10-23)34-16-15-33-13-5-6-14-33/h3-4,7-12,17-18,29H,5-6,13-16,19H2,1-2H3. The van der Waals surface area contributed by atoms with Gasteiger partial charge in [0.2, 0.25) is 0 Å². The first-order valence-corrected chi connectivity index (χ1v) is 12.0. The van der Waals surface area contributed by atoms with Crippen molar-refractivity contribution in [2.45, 2.75) is 33.2 Å². The second kappa shape index (κ2) is 10.2. The van der Waals surface area contributed by atoms with Crippen LogP contribution in [0.5, 0.6) is 5.75 Å². The topological polar surface area (TPSA) is 63.2 Å². The van der Waals surface area contributed by atoms with Crippen LogP contribution in [0.3, 0.4) is 0 Å². The summed E-state index contributed by atoms with van der Waals surface area (Å²) in [5.41, 5.74) is 7.41. The third-order valence-corrected chi connectivity index (χ3v) is 6.43. The number of aromatic nitrogens is 3. The number of benzene rings is 3. The number of hydrogen-bond acceptors (Lipinski definition) is 6. The lowest BCUT2D eigenvalue weighted by Crippen LogP contribution is -2.25. The van der Waals surface area contributed by atoms with Gasteiger partial charge < -0.3 is 10.1 Å². The molecule has 1 aliphatic rings. The van der Waals surface area contributed by atoms with Crippen LogP contribution in [0, 0.1) is 13.8 Å².